The summed E-state index contributed by atoms with van der Waals surface area (Å²) in [6.45, 7) is 12.5. The lowest BCUT2D eigenvalue weighted by Gasteiger charge is -2.41. The topological polar surface area (TPSA) is 70.6 Å². The van der Waals surface area contributed by atoms with Crippen LogP contribution in [0.3, 0.4) is 0 Å². The lowest BCUT2D eigenvalue weighted by Crippen LogP contribution is -2.50. The summed E-state index contributed by atoms with van der Waals surface area (Å²) < 4.78 is 26.9. The number of unbranched alkanes of at least 4 members (excludes halogenated alkanes) is 1. The van der Waals surface area contributed by atoms with Crippen LogP contribution in [0.4, 0.5) is 0 Å². The predicted octanol–water partition coefficient (Wildman–Crippen LogP) is 5.17. The molecule has 0 bridgehead atoms. The van der Waals surface area contributed by atoms with Gasteiger partial charge in [0.1, 0.15) is 5.69 Å². The number of amides is 1. The Balaban J connectivity index is 1.89. The fraction of sp³-hybridized carbons (Fsp3) is 0.407. The van der Waals surface area contributed by atoms with Crippen LogP contribution in [-0.4, -0.2) is 53.4 Å². The minimum Gasteiger partial charge on any atom is -0.327 e. The van der Waals surface area contributed by atoms with Gasteiger partial charge in [-0.2, -0.15) is 0 Å². The molecule has 0 saturated carbocycles. The van der Waals surface area contributed by atoms with Gasteiger partial charge < -0.3 is 4.90 Å². The minimum absolute atomic E-state index is 0.0895. The highest BCUT2D eigenvalue weighted by Gasteiger charge is 2.35. The van der Waals surface area contributed by atoms with E-state index in [4.69, 9.17) is 0 Å². The summed E-state index contributed by atoms with van der Waals surface area (Å²) >= 11 is 0. The van der Waals surface area contributed by atoms with Gasteiger partial charge in [-0.3, -0.25) is 9.78 Å². The van der Waals surface area contributed by atoms with Crippen molar-refractivity contribution in [3.63, 3.8) is 0 Å². The highest BCUT2D eigenvalue weighted by Crippen LogP contribution is 2.30. The Morgan fingerprint density at radius 3 is 2.41 bits per heavy atom. The van der Waals surface area contributed by atoms with Crippen molar-refractivity contribution < 1.29 is 13.2 Å². The van der Waals surface area contributed by atoms with Crippen LogP contribution >= 0.6 is 0 Å². The maximum absolute atomic E-state index is 13.8. The second-order valence-electron chi connectivity index (χ2n) is 8.71. The molecular formula is C27H35N3O3S. The van der Waals surface area contributed by atoms with E-state index in [1.807, 2.05) is 49.1 Å². The highest BCUT2D eigenvalue weighted by molar-refractivity contribution is 7.89. The number of carbonyl (C=O) groups excluding carboxylic acids is 1. The summed E-state index contributed by atoms with van der Waals surface area (Å²) in [6.07, 6.45) is 7.72. The molecule has 34 heavy (non-hydrogen) atoms. The third-order valence-corrected chi connectivity index (χ3v) is 8.48. The number of sulfonamides is 1. The maximum Gasteiger partial charge on any atom is 0.273 e. The Bertz CT molecular complexity index is 1110. The standard InChI is InChI=1S/C27H35N3O3S/c1-5-8-18-34(32,33)29-16-14-25(15-17-29)30(21(4)24-12-10-9-11-13-24)27(31)26-19-22(6-2)23(7-3)20-28-26/h6-7,9-13,19-21,25H,2-3,5,8,14-18H2,1,4H3/t21-/m1/s1. The molecule has 0 spiro atoms. The third kappa shape index (κ3) is 5.83. The number of aromatic nitrogens is 1. The van der Waals surface area contributed by atoms with Gasteiger partial charge in [0.05, 0.1) is 11.8 Å². The molecule has 1 aliphatic heterocycles. The molecule has 1 saturated heterocycles. The molecule has 0 radical (unpaired) electrons. The molecule has 0 aliphatic carbocycles. The molecule has 182 valence electrons. The van der Waals surface area contributed by atoms with E-state index in [0.29, 0.717) is 38.0 Å². The molecular weight excluding hydrogens is 446 g/mol. The first-order chi connectivity index (χ1) is 16.3. The van der Waals surface area contributed by atoms with Crippen LogP contribution in [0.15, 0.2) is 55.8 Å². The number of nitrogens with zero attached hydrogens (tertiary/aromatic N) is 3. The van der Waals surface area contributed by atoms with E-state index in [1.165, 1.54) is 0 Å². The molecule has 1 aliphatic rings. The molecule has 0 N–H and O–H groups in total. The van der Waals surface area contributed by atoms with E-state index in [0.717, 1.165) is 23.1 Å². The van der Waals surface area contributed by atoms with E-state index in [-0.39, 0.29) is 23.7 Å². The third-order valence-electron chi connectivity index (χ3n) is 6.53. The zero-order chi connectivity index (χ0) is 24.7. The second kappa shape index (κ2) is 11.6. The fourth-order valence-corrected chi connectivity index (χ4v) is 6.16. The van der Waals surface area contributed by atoms with Gasteiger partial charge in [-0.25, -0.2) is 12.7 Å². The Kier molecular flexibility index (Phi) is 8.80. The molecule has 1 aromatic heterocycles. The molecule has 1 fully saturated rings. The zero-order valence-electron chi connectivity index (χ0n) is 20.2. The Labute approximate surface area is 204 Å². The molecule has 1 atom stereocenters. The number of carbonyl (C=O) groups is 1. The van der Waals surface area contributed by atoms with Gasteiger partial charge in [-0.05, 0) is 48.9 Å². The monoisotopic (exact) mass is 481 g/mol. The van der Waals surface area contributed by atoms with Crippen molar-refractivity contribution in [2.24, 2.45) is 0 Å². The van der Waals surface area contributed by atoms with Crippen molar-refractivity contribution in [3.8, 4) is 0 Å². The Morgan fingerprint density at radius 2 is 1.82 bits per heavy atom. The molecule has 1 aromatic carbocycles. The van der Waals surface area contributed by atoms with E-state index in [9.17, 15) is 13.2 Å². The van der Waals surface area contributed by atoms with Crippen LogP contribution in [0.1, 0.15) is 72.8 Å². The number of hydrogen-bond donors (Lipinski definition) is 0. The van der Waals surface area contributed by atoms with Crippen molar-refractivity contribution in [1.82, 2.24) is 14.2 Å². The summed E-state index contributed by atoms with van der Waals surface area (Å²) in [5.41, 5.74) is 3.00. The fourth-order valence-electron chi connectivity index (χ4n) is 4.48. The first-order valence-corrected chi connectivity index (χ1v) is 13.5. The van der Waals surface area contributed by atoms with E-state index in [2.05, 4.69) is 18.1 Å². The Hall–Kier alpha value is -2.77. The van der Waals surface area contributed by atoms with E-state index in [1.54, 1.807) is 28.7 Å². The van der Waals surface area contributed by atoms with Crippen LogP contribution in [0.2, 0.25) is 0 Å². The molecule has 3 rings (SSSR count). The van der Waals surface area contributed by atoms with Crippen LogP contribution < -0.4 is 0 Å². The normalized spacial score (nSPS) is 16.1. The summed E-state index contributed by atoms with van der Waals surface area (Å²) in [4.78, 5) is 20.1. The van der Waals surface area contributed by atoms with Gasteiger partial charge in [-0.15, -0.1) is 0 Å². The predicted molar refractivity (Wildman–Crippen MR) is 139 cm³/mol. The van der Waals surface area contributed by atoms with E-state index < -0.39 is 10.0 Å². The maximum atomic E-state index is 13.8. The van der Waals surface area contributed by atoms with E-state index >= 15 is 0 Å². The van der Waals surface area contributed by atoms with Crippen molar-refractivity contribution in [2.75, 3.05) is 18.8 Å². The summed E-state index contributed by atoms with van der Waals surface area (Å²) in [7, 11) is -3.26. The van der Waals surface area contributed by atoms with Crippen LogP contribution in [-0.2, 0) is 10.0 Å². The smallest absolute Gasteiger partial charge is 0.273 e. The minimum atomic E-state index is -3.26. The summed E-state index contributed by atoms with van der Waals surface area (Å²) in [6, 6.07) is 11.4. The molecule has 6 nitrogen and oxygen atoms in total. The number of benzene rings is 1. The lowest BCUT2D eigenvalue weighted by atomic mass is 9.98. The van der Waals surface area contributed by atoms with Crippen molar-refractivity contribution in [3.05, 3.63) is 78.1 Å². The zero-order valence-corrected chi connectivity index (χ0v) is 21.0. The van der Waals surface area contributed by atoms with Crippen molar-refractivity contribution in [2.45, 2.75) is 51.6 Å². The van der Waals surface area contributed by atoms with Crippen molar-refractivity contribution in [1.29, 1.82) is 0 Å². The average molecular weight is 482 g/mol. The highest BCUT2D eigenvalue weighted by atomic mass is 32.2. The molecule has 0 unspecified atom stereocenters. The first-order valence-electron chi connectivity index (χ1n) is 11.9. The second-order valence-corrected chi connectivity index (χ2v) is 10.8. The van der Waals surface area contributed by atoms with Gasteiger partial charge in [0.2, 0.25) is 10.0 Å². The number of hydrogen-bond acceptors (Lipinski definition) is 4. The average Bonchev–Trinajstić information content (AvgIpc) is 2.87. The van der Waals surface area contributed by atoms with Gasteiger partial charge in [-0.1, -0.05) is 69.0 Å². The lowest BCUT2D eigenvalue weighted by molar-refractivity contribution is 0.0504. The molecule has 7 heteroatoms. The molecule has 2 aromatic rings. The largest absolute Gasteiger partial charge is 0.327 e. The van der Waals surface area contributed by atoms with Gasteiger partial charge in [0.25, 0.3) is 5.91 Å². The SMILES string of the molecule is C=Cc1cnc(C(=O)N(C2CCN(S(=O)(=O)CCCC)CC2)[C@H](C)c2ccccc2)cc1C=C. The number of rotatable bonds is 10. The molecule has 1 amide bonds. The van der Waals surface area contributed by atoms with Crippen LogP contribution in [0.5, 0.6) is 0 Å². The quantitative estimate of drug-likeness (QED) is 0.470. The summed E-state index contributed by atoms with van der Waals surface area (Å²) in [5, 5.41) is 0. The summed E-state index contributed by atoms with van der Waals surface area (Å²) in [5.74, 6) is 0.0172. The first kappa shape index (κ1) is 25.8. The Morgan fingerprint density at radius 1 is 1.18 bits per heavy atom. The van der Waals surface area contributed by atoms with Crippen molar-refractivity contribution >= 4 is 28.1 Å². The number of pyridine rings is 1. The van der Waals surface area contributed by atoms with Gasteiger partial charge >= 0.3 is 0 Å². The van der Waals surface area contributed by atoms with Gasteiger partial charge in [0, 0.05) is 25.3 Å². The van der Waals surface area contributed by atoms with Crippen LogP contribution in [0, 0.1) is 0 Å². The molecule has 2 heterocycles. The number of piperidine rings is 1. The van der Waals surface area contributed by atoms with Crippen LogP contribution in [0.25, 0.3) is 12.2 Å². The van der Waals surface area contributed by atoms with Gasteiger partial charge in [0.15, 0.2) is 0 Å².